The summed E-state index contributed by atoms with van der Waals surface area (Å²) in [5.41, 5.74) is 6.11. The standard InChI is InChI=1S/C16H21N3O2/c1-12(11-18-6-8-21-9-7-18)19-15(17)10-13-4-2-3-5-14(13)16(19)20/h2-5,10,12H,6-9,11,17H2,1H3. The number of morpholine rings is 1. The SMILES string of the molecule is CC(CN1CCOCC1)n1c(N)cc2ccccc2c1=O. The molecule has 1 aromatic heterocycles. The maximum Gasteiger partial charge on any atom is 0.260 e. The van der Waals surface area contributed by atoms with Crippen molar-refractivity contribution in [3.8, 4) is 0 Å². The van der Waals surface area contributed by atoms with Crippen LogP contribution >= 0.6 is 0 Å². The third-order valence-corrected chi connectivity index (χ3v) is 4.06. The molecule has 5 nitrogen and oxygen atoms in total. The molecule has 1 aromatic carbocycles. The number of rotatable bonds is 3. The fourth-order valence-corrected chi connectivity index (χ4v) is 2.99. The van der Waals surface area contributed by atoms with Crippen molar-refractivity contribution in [2.24, 2.45) is 0 Å². The van der Waals surface area contributed by atoms with Crippen molar-refractivity contribution >= 4 is 16.6 Å². The number of hydrogen-bond acceptors (Lipinski definition) is 4. The van der Waals surface area contributed by atoms with Gasteiger partial charge in [-0.2, -0.15) is 0 Å². The molecule has 1 unspecified atom stereocenters. The Hall–Kier alpha value is -1.85. The van der Waals surface area contributed by atoms with E-state index < -0.39 is 0 Å². The van der Waals surface area contributed by atoms with Crippen molar-refractivity contribution in [3.05, 3.63) is 40.7 Å². The minimum Gasteiger partial charge on any atom is -0.385 e. The molecule has 0 amide bonds. The Morgan fingerprint density at radius 1 is 1.29 bits per heavy atom. The number of hydrogen-bond donors (Lipinski definition) is 1. The molecule has 1 aliphatic rings. The highest BCUT2D eigenvalue weighted by atomic mass is 16.5. The van der Waals surface area contributed by atoms with Crippen molar-refractivity contribution in [1.82, 2.24) is 9.47 Å². The molecule has 3 rings (SSSR count). The van der Waals surface area contributed by atoms with Gasteiger partial charge in [0.1, 0.15) is 5.82 Å². The largest absolute Gasteiger partial charge is 0.385 e. The summed E-state index contributed by atoms with van der Waals surface area (Å²) in [6, 6.07) is 9.51. The van der Waals surface area contributed by atoms with Gasteiger partial charge in [-0.3, -0.25) is 14.3 Å². The first kappa shape index (κ1) is 14.1. The third-order valence-electron chi connectivity index (χ3n) is 4.06. The minimum atomic E-state index is -0.00800. The Morgan fingerprint density at radius 2 is 2.00 bits per heavy atom. The van der Waals surface area contributed by atoms with Crippen LogP contribution in [0.15, 0.2) is 35.1 Å². The summed E-state index contributed by atoms with van der Waals surface area (Å²) in [4.78, 5) is 15.0. The van der Waals surface area contributed by atoms with E-state index in [0.717, 1.165) is 43.6 Å². The van der Waals surface area contributed by atoms with Crippen molar-refractivity contribution in [2.75, 3.05) is 38.6 Å². The van der Waals surface area contributed by atoms with Crippen LogP contribution in [0.1, 0.15) is 13.0 Å². The van der Waals surface area contributed by atoms with Gasteiger partial charge in [0.05, 0.1) is 13.2 Å². The van der Waals surface area contributed by atoms with Gasteiger partial charge in [-0.05, 0) is 24.4 Å². The lowest BCUT2D eigenvalue weighted by Gasteiger charge is -2.30. The van der Waals surface area contributed by atoms with Gasteiger partial charge in [-0.15, -0.1) is 0 Å². The first-order chi connectivity index (χ1) is 10.2. The van der Waals surface area contributed by atoms with E-state index in [1.165, 1.54) is 0 Å². The molecule has 0 radical (unpaired) electrons. The maximum atomic E-state index is 12.7. The normalized spacial score (nSPS) is 18.0. The van der Waals surface area contributed by atoms with Gasteiger partial charge in [-0.25, -0.2) is 0 Å². The lowest BCUT2D eigenvalue weighted by molar-refractivity contribution is 0.0325. The number of anilines is 1. The highest BCUT2D eigenvalue weighted by Crippen LogP contribution is 2.18. The van der Waals surface area contributed by atoms with Crippen LogP contribution in [0.2, 0.25) is 0 Å². The molecule has 0 aliphatic carbocycles. The average Bonchev–Trinajstić information content (AvgIpc) is 2.48. The summed E-state index contributed by atoms with van der Waals surface area (Å²) < 4.78 is 7.06. The van der Waals surface area contributed by atoms with Crippen LogP contribution in [0, 0.1) is 0 Å². The molecular formula is C16H21N3O2. The summed E-state index contributed by atoms with van der Waals surface area (Å²) >= 11 is 0. The molecule has 21 heavy (non-hydrogen) atoms. The van der Waals surface area contributed by atoms with Crippen LogP contribution in [0.25, 0.3) is 10.8 Å². The van der Waals surface area contributed by atoms with Crippen LogP contribution in [0.5, 0.6) is 0 Å². The highest BCUT2D eigenvalue weighted by molar-refractivity contribution is 5.83. The monoisotopic (exact) mass is 287 g/mol. The number of aromatic nitrogens is 1. The first-order valence-electron chi connectivity index (χ1n) is 7.36. The van der Waals surface area contributed by atoms with E-state index in [-0.39, 0.29) is 11.6 Å². The maximum absolute atomic E-state index is 12.7. The van der Waals surface area contributed by atoms with Gasteiger partial charge in [0.15, 0.2) is 0 Å². The van der Waals surface area contributed by atoms with E-state index in [0.29, 0.717) is 5.82 Å². The fraction of sp³-hybridized carbons (Fsp3) is 0.438. The first-order valence-corrected chi connectivity index (χ1v) is 7.36. The van der Waals surface area contributed by atoms with E-state index in [9.17, 15) is 4.79 Å². The topological polar surface area (TPSA) is 60.5 Å². The second kappa shape index (κ2) is 5.87. The molecule has 1 atom stereocenters. The van der Waals surface area contributed by atoms with Gasteiger partial charge >= 0.3 is 0 Å². The van der Waals surface area contributed by atoms with Crippen molar-refractivity contribution in [1.29, 1.82) is 0 Å². The number of nitrogens with zero attached hydrogens (tertiary/aromatic N) is 2. The fourth-order valence-electron chi connectivity index (χ4n) is 2.99. The predicted molar refractivity (Wildman–Crippen MR) is 84.6 cm³/mol. The summed E-state index contributed by atoms with van der Waals surface area (Å²) in [6.45, 7) is 6.19. The Bertz CT molecular complexity index is 689. The number of ether oxygens (including phenoxy) is 1. The van der Waals surface area contributed by atoms with Gasteiger partial charge in [0.25, 0.3) is 5.56 Å². The molecule has 112 valence electrons. The van der Waals surface area contributed by atoms with Crippen molar-refractivity contribution in [2.45, 2.75) is 13.0 Å². The summed E-state index contributed by atoms with van der Waals surface area (Å²) in [5, 5.41) is 1.62. The molecule has 0 bridgehead atoms. The molecule has 1 aliphatic heterocycles. The van der Waals surface area contributed by atoms with Crippen LogP contribution < -0.4 is 11.3 Å². The zero-order valence-electron chi connectivity index (χ0n) is 12.3. The lowest BCUT2D eigenvalue weighted by atomic mass is 10.1. The van der Waals surface area contributed by atoms with Gasteiger partial charge in [-0.1, -0.05) is 18.2 Å². The zero-order chi connectivity index (χ0) is 14.8. The Balaban J connectivity index is 1.93. The summed E-state index contributed by atoms with van der Waals surface area (Å²) in [7, 11) is 0. The van der Waals surface area contributed by atoms with E-state index in [1.807, 2.05) is 37.3 Å². The summed E-state index contributed by atoms with van der Waals surface area (Å²) in [6.07, 6.45) is 0. The lowest BCUT2D eigenvalue weighted by Crippen LogP contribution is -2.41. The Kier molecular flexibility index (Phi) is 3.94. The molecule has 2 heterocycles. The molecule has 1 fully saturated rings. The molecule has 2 N–H and O–H groups in total. The number of fused-ring (bicyclic) bond motifs is 1. The van der Waals surface area contributed by atoms with Crippen LogP contribution in [-0.4, -0.2) is 42.3 Å². The summed E-state index contributed by atoms with van der Waals surface area (Å²) in [5.74, 6) is 0.527. The smallest absolute Gasteiger partial charge is 0.260 e. The molecular weight excluding hydrogens is 266 g/mol. The number of nitrogen functional groups attached to an aromatic ring is 1. The average molecular weight is 287 g/mol. The second-order valence-electron chi connectivity index (χ2n) is 5.59. The van der Waals surface area contributed by atoms with E-state index in [1.54, 1.807) is 4.57 Å². The van der Waals surface area contributed by atoms with Crippen LogP contribution in [-0.2, 0) is 4.74 Å². The van der Waals surface area contributed by atoms with Crippen molar-refractivity contribution < 1.29 is 4.74 Å². The second-order valence-corrected chi connectivity index (χ2v) is 5.59. The van der Waals surface area contributed by atoms with Gasteiger partial charge in [0, 0.05) is 31.1 Å². The molecule has 2 aromatic rings. The number of pyridine rings is 1. The van der Waals surface area contributed by atoms with Gasteiger partial charge < -0.3 is 10.5 Å². The molecule has 1 saturated heterocycles. The third kappa shape index (κ3) is 2.80. The van der Waals surface area contributed by atoms with Gasteiger partial charge in [0.2, 0.25) is 0 Å². The van der Waals surface area contributed by atoms with Crippen LogP contribution in [0.4, 0.5) is 5.82 Å². The van der Waals surface area contributed by atoms with Crippen LogP contribution in [0.3, 0.4) is 0 Å². The van der Waals surface area contributed by atoms with Crippen molar-refractivity contribution in [3.63, 3.8) is 0 Å². The molecule has 0 spiro atoms. The quantitative estimate of drug-likeness (QED) is 0.929. The predicted octanol–water partition coefficient (Wildman–Crippen LogP) is 1.48. The Labute approximate surface area is 123 Å². The van der Waals surface area contributed by atoms with E-state index in [2.05, 4.69) is 4.90 Å². The molecule has 5 heteroatoms. The minimum absolute atomic E-state index is 0.00800. The molecule has 0 saturated carbocycles. The number of nitrogens with two attached hydrogens (primary N) is 1. The highest BCUT2D eigenvalue weighted by Gasteiger charge is 2.18. The zero-order valence-corrected chi connectivity index (χ0v) is 12.3. The Morgan fingerprint density at radius 3 is 2.76 bits per heavy atom. The van der Waals surface area contributed by atoms with E-state index >= 15 is 0 Å². The number of benzene rings is 1. The van der Waals surface area contributed by atoms with E-state index in [4.69, 9.17) is 10.5 Å².